The van der Waals surface area contributed by atoms with E-state index < -0.39 is 8.07 Å². The van der Waals surface area contributed by atoms with Crippen LogP contribution >= 0.6 is 0 Å². The molecule has 0 amide bonds. The summed E-state index contributed by atoms with van der Waals surface area (Å²) in [6.07, 6.45) is 1.82. The van der Waals surface area contributed by atoms with E-state index in [-0.39, 0.29) is 21.1 Å². The van der Waals surface area contributed by atoms with E-state index in [0.29, 0.717) is 11.6 Å². The van der Waals surface area contributed by atoms with Crippen molar-refractivity contribution in [3.05, 3.63) is 167 Å². The SMILES string of the molecule is Cc1cccc(C)c1-c1cc(Oc2cccc(-c3nccc4oc5c6c(ccc5c34)C[Si]3(Cc4ccccc4C3)C6)n2)[c-]c(-c2[c-]cccc2)c1.[Pt+2]. The summed E-state index contributed by atoms with van der Waals surface area (Å²) in [4.78, 5) is 9.91. The van der Waals surface area contributed by atoms with E-state index in [1.165, 1.54) is 52.0 Å². The summed E-state index contributed by atoms with van der Waals surface area (Å²) in [6, 6.07) is 51.9. The second-order valence-electron chi connectivity index (χ2n) is 14.3. The quantitative estimate of drug-likeness (QED) is 0.128. The summed E-state index contributed by atoms with van der Waals surface area (Å²) in [6.45, 7) is 4.29. The molecule has 10 rings (SSSR count). The van der Waals surface area contributed by atoms with E-state index in [4.69, 9.17) is 19.1 Å². The summed E-state index contributed by atoms with van der Waals surface area (Å²) in [5.74, 6) is 1.07. The molecule has 0 radical (unpaired) electrons. The molecule has 5 heterocycles. The summed E-state index contributed by atoms with van der Waals surface area (Å²) in [7, 11) is -1.53. The molecule has 8 aromatic rings. The molecule has 0 bridgehead atoms. The number of aryl methyl sites for hydroxylation is 2. The summed E-state index contributed by atoms with van der Waals surface area (Å²) >= 11 is 0. The Hall–Kier alpha value is -5.09. The molecule has 0 N–H and O–H groups in total. The second kappa shape index (κ2) is 12.8. The molecule has 0 atom stereocenters. The Morgan fingerprint density at radius 1 is 0.731 bits per heavy atom. The average Bonchev–Trinajstić information content (AvgIpc) is 3.83. The van der Waals surface area contributed by atoms with Crippen LogP contribution in [0.5, 0.6) is 11.6 Å². The first-order chi connectivity index (χ1) is 25.0. The van der Waals surface area contributed by atoms with Crippen LogP contribution in [0.4, 0.5) is 0 Å². The third-order valence-corrected chi connectivity index (χ3v) is 15.4. The van der Waals surface area contributed by atoms with Gasteiger partial charge in [0.25, 0.3) is 0 Å². The minimum absolute atomic E-state index is 0. The van der Waals surface area contributed by atoms with Gasteiger partial charge in [-0.1, -0.05) is 66.7 Å². The van der Waals surface area contributed by atoms with Crippen LogP contribution in [-0.2, 0) is 45.2 Å². The van der Waals surface area contributed by atoms with Gasteiger partial charge >= 0.3 is 21.1 Å². The standard InChI is InChI=1S/C46H34N2O2Si.Pt/c1-29-10-8-11-30(2)43(29)36-22-35(31-12-4-3-5-13-31)23-37(24-36)49-42-17-9-16-40(48-42)45-44-38-19-18-34-27-51(25-32-14-6-7-15-33(32)26-51)28-39(34)46(38)50-41(44)20-21-47-45;/h3-12,14-22,24H,25-28H2,1-2H3;/q-2;+2. The van der Waals surface area contributed by atoms with Crippen molar-refractivity contribution in [1.29, 1.82) is 0 Å². The van der Waals surface area contributed by atoms with Crippen molar-refractivity contribution < 1.29 is 30.2 Å². The third-order valence-electron chi connectivity index (χ3n) is 10.9. The van der Waals surface area contributed by atoms with Gasteiger partial charge in [-0.15, -0.1) is 17.7 Å². The Kier molecular flexibility index (Phi) is 8.10. The first-order valence-electron chi connectivity index (χ1n) is 17.7. The molecule has 254 valence electrons. The second-order valence-corrected chi connectivity index (χ2v) is 18.8. The van der Waals surface area contributed by atoms with Crippen LogP contribution in [0.3, 0.4) is 0 Å². The van der Waals surface area contributed by atoms with Crippen molar-refractivity contribution in [1.82, 2.24) is 9.97 Å². The minimum atomic E-state index is -1.53. The van der Waals surface area contributed by atoms with E-state index in [0.717, 1.165) is 50.0 Å². The largest absolute Gasteiger partial charge is 2.00 e. The molecule has 52 heavy (non-hydrogen) atoms. The normalized spacial score (nSPS) is 14.0. The molecule has 0 unspecified atom stereocenters. The van der Waals surface area contributed by atoms with Crippen LogP contribution in [0.25, 0.3) is 55.6 Å². The fourth-order valence-electron chi connectivity index (χ4n) is 8.73. The van der Waals surface area contributed by atoms with Crippen LogP contribution in [0.2, 0.25) is 0 Å². The molecule has 0 saturated heterocycles. The zero-order valence-corrected chi connectivity index (χ0v) is 32.2. The van der Waals surface area contributed by atoms with Gasteiger partial charge in [0.15, 0.2) is 0 Å². The van der Waals surface area contributed by atoms with Gasteiger partial charge in [-0.3, -0.25) is 4.98 Å². The Morgan fingerprint density at radius 3 is 2.29 bits per heavy atom. The predicted octanol–water partition coefficient (Wildman–Crippen LogP) is 10.9. The molecule has 2 aliphatic heterocycles. The van der Waals surface area contributed by atoms with Crippen LogP contribution in [0, 0.1) is 26.0 Å². The molecule has 2 aliphatic rings. The molecule has 1 spiro atoms. The first kappa shape index (κ1) is 32.8. The van der Waals surface area contributed by atoms with E-state index >= 15 is 0 Å². The molecule has 4 nitrogen and oxygen atoms in total. The van der Waals surface area contributed by atoms with Gasteiger partial charge in [0, 0.05) is 23.4 Å². The van der Waals surface area contributed by atoms with Gasteiger partial charge in [0.1, 0.15) is 16.9 Å². The Balaban J connectivity index is 0.00000360. The van der Waals surface area contributed by atoms with Gasteiger partial charge < -0.3 is 9.15 Å². The third kappa shape index (κ3) is 5.55. The monoisotopic (exact) mass is 869 g/mol. The Labute approximate surface area is 318 Å². The number of aromatic nitrogens is 2. The number of ether oxygens (including phenoxy) is 1. The maximum absolute atomic E-state index is 6.71. The number of furan rings is 1. The fraction of sp³-hybridized carbons (Fsp3) is 0.130. The number of fused-ring (bicyclic) bond motifs is 6. The minimum Gasteiger partial charge on any atom is -0.460 e. The van der Waals surface area contributed by atoms with Gasteiger partial charge in [-0.05, 0) is 89.1 Å². The molecule has 3 aromatic heterocycles. The summed E-state index contributed by atoms with van der Waals surface area (Å²) < 4.78 is 13.2. The van der Waals surface area contributed by atoms with E-state index in [1.54, 1.807) is 11.1 Å². The number of hydrogen-bond donors (Lipinski definition) is 0. The van der Waals surface area contributed by atoms with Gasteiger partial charge in [0.05, 0.1) is 19.2 Å². The van der Waals surface area contributed by atoms with Crippen molar-refractivity contribution in [2.24, 2.45) is 0 Å². The van der Waals surface area contributed by atoms with Crippen LogP contribution in [-0.4, -0.2) is 18.0 Å². The molecule has 0 fully saturated rings. The number of nitrogens with zero attached hydrogens (tertiary/aromatic N) is 2. The van der Waals surface area contributed by atoms with Crippen molar-refractivity contribution in [3.8, 4) is 45.3 Å². The van der Waals surface area contributed by atoms with Gasteiger partial charge in [0.2, 0.25) is 5.88 Å². The van der Waals surface area contributed by atoms with E-state index in [9.17, 15) is 0 Å². The van der Waals surface area contributed by atoms with Crippen LogP contribution in [0.1, 0.15) is 33.4 Å². The molecule has 6 heteroatoms. The zero-order chi connectivity index (χ0) is 34.1. The molecule has 0 aliphatic carbocycles. The Bertz CT molecular complexity index is 2620. The smallest absolute Gasteiger partial charge is 0.460 e. The fourth-order valence-corrected chi connectivity index (χ4v) is 14.1. The van der Waals surface area contributed by atoms with Crippen molar-refractivity contribution in [3.63, 3.8) is 0 Å². The predicted molar refractivity (Wildman–Crippen MR) is 206 cm³/mol. The topological polar surface area (TPSA) is 48.2 Å². The van der Waals surface area contributed by atoms with Crippen LogP contribution < -0.4 is 4.74 Å². The number of rotatable bonds is 5. The molecular formula is C46H34N2O2PtSi. The van der Waals surface area contributed by atoms with Crippen molar-refractivity contribution in [2.75, 3.05) is 0 Å². The first-order valence-corrected chi connectivity index (χ1v) is 20.5. The van der Waals surface area contributed by atoms with Crippen molar-refractivity contribution in [2.45, 2.75) is 38.0 Å². The van der Waals surface area contributed by atoms with Gasteiger partial charge in [-0.25, -0.2) is 16.1 Å². The number of hydrogen-bond acceptors (Lipinski definition) is 4. The number of pyridine rings is 2. The molecule has 0 saturated carbocycles. The van der Waals surface area contributed by atoms with Crippen LogP contribution in [0.15, 0.2) is 126 Å². The van der Waals surface area contributed by atoms with Crippen molar-refractivity contribution >= 4 is 30.0 Å². The molecule has 5 aromatic carbocycles. The number of benzene rings is 5. The van der Waals surface area contributed by atoms with Gasteiger partial charge in [-0.2, -0.15) is 30.3 Å². The summed E-state index contributed by atoms with van der Waals surface area (Å²) in [5.41, 5.74) is 15.9. The maximum Gasteiger partial charge on any atom is 2.00 e. The average molecular weight is 870 g/mol. The molecular weight excluding hydrogens is 836 g/mol. The zero-order valence-electron chi connectivity index (χ0n) is 28.9. The van der Waals surface area contributed by atoms with E-state index in [1.807, 2.05) is 48.7 Å². The Morgan fingerprint density at radius 2 is 1.50 bits per heavy atom. The van der Waals surface area contributed by atoms with E-state index in [2.05, 4.69) is 98.8 Å². The summed E-state index contributed by atoms with van der Waals surface area (Å²) in [5, 5.41) is 2.11. The maximum atomic E-state index is 6.71.